The van der Waals surface area contributed by atoms with Gasteiger partial charge in [-0.05, 0) is 32.6 Å². The Balaban J connectivity index is -0.0000000842. The lowest BCUT2D eigenvalue weighted by Crippen LogP contribution is -2.51. The summed E-state index contributed by atoms with van der Waals surface area (Å²) in [5.74, 6) is 0. The molecule has 1 unspecified atom stereocenters. The van der Waals surface area contributed by atoms with Crippen molar-refractivity contribution in [1.29, 1.82) is 0 Å². The van der Waals surface area contributed by atoms with E-state index in [2.05, 4.69) is 39.7 Å². The standard InChI is InChI=1S/C8H26O3Si4.C2H6O.4CH4/c1-7-8-15(6,10-13-3)11-14(4,5)9-12-2;1-2-3;;;;/h7-8,12-13H2,1-6H3;3H,2H2,1H3;4*1H4. The molecule has 0 bridgehead atoms. The van der Waals surface area contributed by atoms with Crippen LogP contribution in [0.15, 0.2) is 0 Å². The molecule has 0 fully saturated rings. The predicted octanol–water partition coefficient (Wildman–Crippen LogP) is 4.03. The van der Waals surface area contributed by atoms with E-state index < -0.39 is 17.1 Å². The summed E-state index contributed by atoms with van der Waals surface area (Å²) in [5.41, 5.74) is 0. The van der Waals surface area contributed by atoms with Crippen LogP contribution in [-0.2, 0) is 12.3 Å². The van der Waals surface area contributed by atoms with E-state index in [0.29, 0.717) is 0 Å². The average molecular weight is 393 g/mol. The molecular formula is C14H48O4Si4. The van der Waals surface area contributed by atoms with Gasteiger partial charge in [0.2, 0.25) is 0 Å². The molecule has 0 aliphatic rings. The van der Waals surface area contributed by atoms with E-state index in [-0.39, 0.29) is 55.8 Å². The third-order valence-electron chi connectivity index (χ3n) is 2.11. The molecule has 0 rings (SSSR count). The van der Waals surface area contributed by atoms with Gasteiger partial charge >= 0.3 is 17.1 Å². The molecule has 1 N–H and O–H groups in total. The molecule has 0 radical (unpaired) electrons. The molecule has 4 nitrogen and oxygen atoms in total. The zero-order valence-electron chi connectivity index (χ0n) is 13.2. The Morgan fingerprint density at radius 1 is 0.864 bits per heavy atom. The van der Waals surface area contributed by atoms with Crippen LogP contribution < -0.4 is 0 Å². The molecule has 0 aromatic rings. The maximum absolute atomic E-state index is 7.57. The van der Waals surface area contributed by atoms with Gasteiger partial charge in [-0.15, -0.1) is 0 Å². The van der Waals surface area contributed by atoms with Crippen molar-refractivity contribution in [1.82, 2.24) is 0 Å². The van der Waals surface area contributed by atoms with Crippen molar-refractivity contribution in [2.45, 2.75) is 88.8 Å². The fraction of sp³-hybridized carbons (Fsp3) is 1.00. The van der Waals surface area contributed by atoms with Crippen LogP contribution >= 0.6 is 0 Å². The number of hydrogen-bond acceptors (Lipinski definition) is 4. The van der Waals surface area contributed by atoms with Crippen molar-refractivity contribution in [3.63, 3.8) is 0 Å². The smallest absolute Gasteiger partial charge is 0.315 e. The lowest BCUT2D eigenvalue weighted by atomic mass is 10.6. The van der Waals surface area contributed by atoms with Gasteiger partial charge in [-0.2, -0.15) is 0 Å². The van der Waals surface area contributed by atoms with Gasteiger partial charge in [0.15, 0.2) is 0 Å². The number of aliphatic hydroxyl groups is 1. The number of aliphatic hydroxyl groups excluding tert-OH is 1. The van der Waals surface area contributed by atoms with Crippen molar-refractivity contribution < 1.29 is 17.5 Å². The Morgan fingerprint density at radius 3 is 1.50 bits per heavy atom. The lowest BCUT2D eigenvalue weighted by molar-refractivity contribution is 0.318. The molecule has 22 heavy (non-hydrogen) atoms. The van der Waals surface area contributed by atoms with E-state index in [1.807, 2.05) is 0 Å². The maximum atomic E-state index is 7.57. The summed E-state index contributed by atoms with van der Waals surface area (Å²) >= 11 is 0. The highest BCUT2D eigenvalue weighted by atomic mass is 28.5. The van der Waals surface area contributed by atoms with Crippen molar-refractivity contribution in [3.8, 4) is 0 Å². The summed E-state index contributed by atoms with van der Waals surface area (Å²) < 4.78 is 18.1. The second-order valence-electron chi connectivity index (χ2n) is 4.57. The van der Waals surface area contributed by atoms with Gasteiger partial charge in [0.05, 0.1) is 0 Å². The van der Waals surface area contributed by atoms with Crippen LogP contribution in [0.5, 0.6) is 0 Å². The first-order valence-electron chi connectivity index (χ1n) is 6.89. The van der Waals surface area contributed by atoms with Crippen LogP contribution in [0.25, 0.3) is 0 Å². The van der Waals surface area contributed by atoms with E-state index in [1.165, 1.54) is 0 Å². The van der Waals surface area contributed by atoms with Crippen molar-refractivity contribution in [3.05, 3.63) is 0 Å². The molecule has 0 saturated carbocycles. The molecule has 0 aliphatic carbocycles. The van der Waals surface area contributed by atoms with Crippen LogP contribution in [0, 0.1) is 0 Å². The highest BCUT2D eigenvalue weighted by Gasteiger charge is 2.38. The van der Waals surface area contributed by atoms with E-state index in [4.69, 9.17) is 17.5 Å². The molecule has 144 valence electrons. The van der Waals surface area contributed by atoms with Gasteiger partial charge in [-0.3, -0.25) is 0 Å². The number of rotatable bonds is 8. The second kappa shape index (κ2) is 21.7. The zero-order chi connectivity index (χ0) is 14.7. The third-order valence-corrected chi connectivity index (χ3v) is 14.7. The first kappa shape index (κ1) is 38.3. The highest BCUT2D eigenvalue weighted by Crippen LogP contribution is 2.21. The normalized spacial score (nSPS) is 13.1. The third kappa shape index (κ3) is 23.0. The summed E-state index contributed by atoms with van der Waals surface area (Å²) in [4.78, 5) is 0. The molecule has 0 saturated heterocycles. The second-order valence-corrected chi connectivity index (χ2v) is 14.4. The Hall–Kier alpha value is 0.708. The van der Waals surface area contributed by atoms with Crippen LogP contribution in [0.3, 0.4) is 0 Å². The van der Waals surface area contributed by atoms with E-state index >= 15 is 0 Å². The summed E-state index contributed by atoms with van der Waals surface area (Å²) in [5, 5.41) is 7.57. The van der Waals surface area contributed by atoms with Gasteiger partial charge in [0.1, 0.15) is 19.5 Å². The fourth-order valence-corrected chi connectivity index (χ4v) is 14.6. The first-order chi connectivity index (χ1) is 8.30. The highest BCUT2D eigenvalue weighted by molar-refractivity contribution is 6.82. The Morgan fingerprint density at radius 2 is 1.23 bits per heavy atom. The summed E-state index contributed by atoms with van der Waals surface area (Å²) in [6, 6.07) is 1.10. The Bertz CT molecular complexity index is 190. The van der Waals surface area contributed by atoms with Crippen LogP contribution in [0.2, 0.25) is 38.8 Å². The molecule has 1 atom stereocenters. The van der Waals surface area contributed by atoms with Crippen LogP contribution in [0.4, 0.5) is 0 Å². The summed E-state index contributed by atoms with van der Waals surface area (Å²) in [6.07, 6.45) is 1.14. The molecular weight excluding hydrogens is 344 g/mol. The van der Waals surface area contributed by atoms with Crippen molar-refractivity contribution in [2.75, 3.05) is 6.61 Å². The van der Waals surface area contributed by atoms with Gasteiger partial charge < -0.3 is 17.5 Å². The average Bonchev–Trinajstić information content (AvgIpc) is 2.17. The van der Waals surface area contributed by atoms with Gasteiger partial charge in [-0.25, -0.2) is 0 Å². The topological polar surface area (TPSA) is 47.9 Å². The minimum Gasteiger partial charge on any atom is -0.442 e. The van der Waals surface area contributed by atoms with E-state index in [9.17, 15) is 0 Å². The molecule has 0 aromatic heterocycles. The van der Waals surface area contributed by atoms with Crippen LogP contribution in [-0.4, -0.2) is 48.4 Å². The molecule has 0 heterocycles. The molecule has 0 aromatic carbocycles. The van der Waals surface area contributed by atoms with Crippen molar-refractivity contribution >= 4 is 36.6 Å². The minimum atomic E-state index is -1.90. The molecule has 0 spiro atoms. The lowest BCUT2D eigenvalue weighted by Gasteiger charge is -2.35. The Labute approximate surface area is 149 Å². The SMILES string of the molecule is C.C.C.C.CCC[Si](C)(O[SiH2]C)O[Si](C)(C)O[SiH2]C.CCO. The first-order valence-corrected chi connectivity index (χ1v) is 16.2. The number of hydrogen-bond donors (Lipinski definition) is 1. The van der Waals surface area contributed by atoms with E-state index in [1.54, 1.807) is 6.92 Å². The van der Waals surface area contributed by atoms with E-state index in [0.717, 1.165) is 12.5 Å². The van der Waals surface area contributed by atoms with Crippen molar-refractivity contribution in [2.24, 2.45) is 0 Å². The van der Waals surface area contributed by atoms with Gasteiger partial charge in [0.25, 0.3) is 0 Å². The molecule has 0 amide bonds. The summed E-state index contributed by atoms with van der Waals surface area (Å²) in [6.45, 7) is 14.9. The summed E-state index contributed by atoms with van der Waals surface area (Å²) in [7, 11) is -4.54. The zero-order valence-corrected chi connectivity index (χ0v) is 18.0. The monoisotopic (exact) mass is 392 g/mol. The van der Waals surface area contributed by atoms with Gasteiger partial charge in [0, 0.05) is 6.61 Å². The quantitative estimate of drug-likeness (QED) is 0.634. The maximum Gasteiger partial charge on any atom is 0.315 e. The van der Waals surface area contributed by atoms with Gasteiger partial charge in [-0.1, -0.05) is 56.1 Å². The largest absolute Gasteiger partial charge is 0.442 e. The Kier molecular flexibility index (Phi) is 37.8. The fourth-order valence-electron chi connectivity index (χ4n) is 1.81. The predicted molar refractivity (Wildman–Crippen MR) is 116 cm³/mol. The minimum absolute atomic E-state index is 0. The van der Waals surface area contributed by atoms with Crippen LogP contribution in [0.1, 0.15) is 50.0 Å². The molecule has 8 heteroatoms. The molecule has 0 aliphatic heterocycles.